The summed E-state index contributed by atoms with van der Waals surface area (Å²) in [7, 11) is 5.71. The average molecular weight is 819 g/mol. The van der Waals surface area contributed by atoms with Crippen LogP contribution in [0.3, 0.4) is 0 Å². The molecular formula is C46H32F6N4O4. The van der Waals surface area contributed by atoms with Crippen LogP contribution in [0.1, 0.15) is 33.4 Å². The van der Waals surface area contributed by atoms with Crippen LogP contribution in [0.4, 0.5) is 26.3 Å². The van der Waals surface area contributed by atoms with Crippen LogP contribution in [0.25, 0.3) is 0 Å². The van der Waals surface area contributed by atoms with E-state index in [9.17, 15) is 8.78 Å². The Labute approximate surface area is 339 Å². The molecule has 2 aliphatic rings. The van der Waals surface area contributed by atoms with Gasteiger partial charge in [-0.25, -0.2) is 46.3 Å². The molecular weight excluding hydrogens is 787 g/mol. The molecule has 0 aromatic heterocycles. The summed E-state index contributed by atoms with van der Waals surface area (Å²) in [5, 5.41) is 0. The highest BCUT2D eigenvalue weighted by Gasteiger charge is 2.64. The molecule has 0 spiro atoms. The van der Waals surface area contributed by atoms with Gasteiger partial charge in [0.1, 0.15) is 57.9 Å². The molecule has 60 heavy (non-hydrogen) atoms. The molecule has 8 nitrogen and oxygen atoms in total. The zero-order chi connectivity index (χ0) is 42.3. The van der Waals surface area contributed by atoms with Gasteiger partial charge in [0, 0.05) is 46.5 Å². The second kappa shape index (κ2) is 15.5. The van der Waals surface area contributed by atoms with Crippen molar-refractivity contribution in [3.63, 3.8) is 0 Å². The van der Waals surface area contributed by atoms with Gasteiger partial charge < -0.3 is 18.9 Å². The Morgan fingerprint density at radius 1 is 0.350 bits per heavy atom. The van der Waals surface area contributed by atoms with E-state index < -0.39 is 57.4 Å². The average Bonchev–Trinajstić information content (AvgIpc) is 3.85. The molecule has 0 amide bonds. The summed E-state index contributed by atoms with van der Waals surface area (Å²) < 4.78 is 119. The number of hydrogen-bond acceptors (Lipinski definition) is 8. The molecule has 0 radical (unpaired) electrons. The van der Waals surface area contributed by atoms with Crippen LogP contribution in [0, 0.1) is 34.9 Å². The largest absolute Gasteiger partial charge is 0.497 e. The number of rotatable bonds is 11. The van der Waals surface area contributed by atoms with Gasteiger partial charge in [-0.15, -0.1) is 0 Å². The lowest BCUT2D eigenvalue weighted by Crippen LogP contribution is -2.45. The van der Waals surface area contributed by atoms with E-state index >= 15 is 17.6 Å². The summed E-state index contributed by atoms with van der Waals surface area (Å²) in [6, 6.07) is 27.4. The third kappa shape index (κ3) is 6.63. The van der Waals surface area contributed by atoms with Gasteiger partial charge in [-0.05, 0) is 48.5 Å². The smallest absolute Gasteiger partial charge is 0.232 e. The van der Waals surface area contributed by atoms with Gasteiger partial charge in [0.2, 0.25) is 11.3 Å². The van der Waals surface area contributed by atoms with E-state index in [1.54, 1.807) is 97.1 Å². The Morgan fingerprint density at radius 3 is 0.800 bits per heavy atom. The molecule has 0 bridgehead atoms. The van der Waals surface area contributed by atoms with Crippen molar-refractivity contribution in [2.45, 2.75) is 11.3 Å². The van der Waals surface area contributed by atoms with E-state index in [0.717, 1.165) is 0 Å². The number of halogens is 6. The lowest BCUT2D eigenvalue weighted by molar-refractivity contribution is 0.225. The van der Waals surface area contributed by atoms with Gasteiger partial charge in [0.15, 0.2) is 0 Å². The standard InChI is InChI=1S/C46H32F6N4O4/c1-57-31-13-5-9-25(17-31)41-42(26-10-6-14-32(18-26)58-2)54-45(53-41,39-35(49)21-29(47)22-36(39)50)46(40-37(51)23-30(48)24-38(40)52)55-43(27-11-7-15-33(19-27)59-3)44(56-46)28-12-8-16-34(20-28)60-4/h5-24H,1-4H3. The first-order valence-corrected chi connectivity index (χ1v) is 18.2. The van der Waals surface area contributed by atoms with Crippen molar-refractivity contribution in [2.75, 3.05) is 28.4 Å². The highest BCUT2D eigenvalue weighted by atomic mass is 19.2. The molecule has 0 aliphatic carbocycles. The van der Waals surface area contributed by atoms with Crippen LogP contribution in [0.15, 0.2) is 141 Å². The maximum absolute atomic E-state index is 16.9. The minimum Gasteiger partial charge on any atom is -0.497 e. The van der Waals surface area contributed by atoms with Crippen molar-refractivity contribution >= 4 is 22.8 Å². The molecule has 6 aromatic rings. The number of aliphatic imine (C=N–C) groups is 4. The maximum atomic E-state index is 16.9. The molecule has 14 heteroatoms. The Bertz CT molecular complexity index is 2460. The number of nitrogens with zero attached hydrogens (tertiary/aromatic N) is 4. The second-order valence-electron chi connectivity index (χ2n) is 13.6. The molecule has 0 N–H and O–H groups in total. The van der Waals surface area contributed by atoms with E-state index in [0.29, 0.717) is 47.3 Å². The lowest BCUT2D eigenvalue weighted by atomic mass is 9.80. The first-order chi connectivity index (χ1) is 28.9. The maximum Gasteiger partial charge on any atom is 0.232 e. The topological polar surface area (TPSA) is 86.4 Å². The highest BCUT2D eigenvalue weighted by molar-refractivity contribution is 6.56. The van der Waals surface area contributed by atoms with Gasteiger partial charge in [-0.1, -0.05) is 48.5 Å². The van der Waals surface area contributed by atoms with E-state index in [-0.39, 0.29) is 45.1 Å². The first-order valence-electron chi connectivity index (χ1n) is 18.2. The van der Waals surface area contributed by atoms with Crippen LogP contribution >= 0.6 is 0 Å². The summed E-state index contributed by atoms with van der Waals surface area (Å²) in [6.45, 7) is 0. The van der Waals surface area contributed by atoms with Gasteiger partial charge in [-0.2, -0.15) is 0 Å². The molecule has 0 atom stereocenters. The molecule has 0 fully saturated rings. The monoisotopic (exact) mass is 818 g/mol. The van der Waals surface area contributed by atoms with E-state index in [4.69, 9.17) is 38.9 Å². The van der Waals surface area contributed by atoms with E-state index in [2.05, 4.69) is 0 Å². The van der Waals surface area contributed by atoms with Crippen LogP contribution in [0.5, 0.6) is 23.0 Å². The van der Waals surface area contributed by atoms with Gasteiger partial charge >= 0.3 is 0 Å². The molecule has 0 saturated heterocycles. The summed E-state index contributed by atoms with van der Waals surface area (Å²) >= 11 is 0. The number of benzene rings is 6. The molecule has 8 rings (SSSR count). The third-order valence-electron chi connectivity index (χ3n) is 10.1. The number of ether oxygens (including phenoxy) is 4. The minimum absolute atomic E-state index is 0.0595. The van der Waals surface area contributed by atoms with E-state index in [1.165, 1.54) is 28.4 Å². The van der Waals surface area contributed by atoms with Crippen molar-refractivity contribution in [2.24, 2.45) is 20.0 Å². The fraction of sp³-hybridized carbons (Fsp3) is 0.130. The van der Waals surface area contributed by atoms with Crippen molar-refractivity contribution in [3.05, 3.63) is 190 Å². The summed E-state index contributed by atoms with van der Waals surface area (Å²) in [5.41, 5.74) is -7.27. The minimum atomic E-state index is -3.00. The first kappa shape index (κ1) is 39.6. The van der Waals surface area contributed by atoms with Crippen LogP contribution < -0.4 is 18.9 Å². The van der Waals surface area contributed by atoms with Crippen LogP contribution in [-0.2, 0) is 11.3 Å². The van der Waals surface area contributed by atoms with Gasteiger partial charge in [0.25, 0.3) is 0 Å². The predicted molar refractivity (Wildman–Crippen MR) is 214 cm³/mol. The second-order valence-corrected chi connectivity index (χ2v) is 13.6. The SMILES string of the molecule is COc1cccc(C2=NC(c3c(F)cc(F)cc3F)(C3(c4c(F)cc(F)cc4F)N=C(c4cccc(OC)c4)C(c4cccc(OC)c4)=N3)N=C2c2cccc(OC)c2)c1. The zero-order valence-electron chi connectivity index (χ0n) is 32.2. The van der Waals surface area contributed by atoms with Crippen molar-refractivity contribution in [1.29, 1.82) is 0 Å². The Kier molecular flexibility index (Phi) is 10.2. The molecule has 302 valence electrons. The number of hydrogen-bond donors (Lipinski definition) is 0. The quantitative estimate of drug-likeness (QED) is 0.122. The highest BCUT2D eigenvalue weighted by Crippen LogP contribution is 2.57. The van der Waals surface area contributed by atoms with Crippen molar-refractivity contribution < 1.29 is 45.3 Å². The normalized spacial score (nSPS) is 15.2. The van der Waals surface area contributed by atoms with E-state index in [1.807, 2.05) is 0 Å². The Hall–Kier alpha value is -7.22. The fourth-order valence-electron chi connectivity index (χ4n) is 7.43. The third-order valence-corrected chi connectivity index (χ3v) is 10.1. The molecule has 0 unspecified atom stereocenters. The fourth-order valence-corrected chi connectivity index (χ4v) is 7.43. The number of methoxy groups -OCH3 is 4. The summed E-state index contributed by atoms with van der Waals surface area (Å²) in [6.07, 6.45) is 0. The molecule has 0 saturated carbocycles. The summed E-state index contributed by atoms with van der Waals surface area (Å²) in [5.74, 6) is -7.39. The van der Waals surface area contributed by atoms with Gasteiger partial charge in [0.05, 0.1) is 62.4 Å². The Balaban J connectivity index is 1.62. The predicted octanol–water partition coefficient (Wildman–Crippen LogP) is 9.55. The van der Waals surface area contributed by atoms with Crippen LogP contribution in [0.2, 0.25) is 0 Å². The molecule has 6 aromatic carbocycles. The zero-order valence-corrected chi connectivity index (χ0v) is 32.2. The van der Waals surface area contributed by atoms with Crippen molar-refractivity contribution in [1.82, 2.24) is 0 Å². The molecule has 2 heterocycles. The van der Waals surface area contributed by atoms with Gasteiger partial charge in [-0.3, -0.25) is 0 Å². The van der Waals surface area contributed by atoms with Crippen molar-refractivity contribution in [3.8, 4) is 23.0 Å². The lowest BCUT2D eigenvalue weighted by Gasteiger charge is -2.38. The molecule has 2 aliphatic heterocycles. The van der Waals surface area contributed by atoms with Crippen LogP contribution in [-0.4, -0.2) is 51.3 Å². The summed E-state index contributed by atoms with van der Waals surface area (Å²) in [4.78, 5) is 19.9. The Morgan fingerprint density at radius 2 is 0.583 bits per heavy atom.